The number of alkyl halides is 1. The molecule has 1 atom stereocenters. The molecule has 0 aliphatic carbocycles. The third-order valence-corrected chi connectivity index (χ3v) is 3.96. The maximum atomic E-state index is 12.9. The van der Waals surface area contributed by atoms with Gasteiger partial charge < -0.3 is 14.4 Å². The Morgan fingerprint density at radius 1 is 1.46 bits per heavy atom. The van der Waals surface area contributed by atoms with Crippen molar-refractivity contribution >= 4 is 16.8 Å². The minimum atomic E-state index is -0.598. The normalized spacial score (nSPS) is 17.9. The van der Waals surface area contributed by atoms with Crippen LogP contribution in [0.3, 0.4) is 0 Å². The summed E-state index contributed by atoms with van der Waals surface area (Å²) in [5.41, 5.74) is 1.20. The molecule has 0 bridgehead atoms. The second-order valence-corrected chi connectivity index (χ2v) is 5.78. The molecule has 0 saturated carbocycles. The van der Waals surface area contributed by atoms with E-state index in [-0.39, 0.29) is 12.5 Å². The second kappa shape index (κ2) is 7.57. The van der Waals surface area contributed by atoms with E-state index >= 15 is 0 Å². The summed E-state index contributed by atoms with van der Waals surface area (Å²) in [5.74, 6) is 0.143. The predicted octanol–water partition coefficient (Wildman–Crippen LogP) is 2.83. The van der Waals surface area contributed by atoms with Crippen LogP contribution in [0.5, 0.6) is 5.88 Å². The van der Waals surface area contributed by atoms with E-state index in [1.807, 2.05) is 31.2 Å². The molecule has 2 heterocycles. The molecule has 1 aliphatic heterocycles. The standard InChI is InChI=1S/C18H21FN2O3/c1-2-8-24-17-15(10-13-5-3-4-6-16(13)20-17)18(22)21-7-9-23-14(11-19)12-21/h3-6,10,14H,2,7-9,11-12H2,1H3. The predicted molar refractivity (Wildman–Crippen MR) is 89.1 cm³/mol. The summed E-state index contributed by atoms with van der Waals surface area (Å²) < 4.78 is 23.9. The van der Waals surface area contributed by atoms with Crippen molar-refractivity contribution in [1.29, 1.82) is 0 Å². The number of morpholine rings is 1. The van der Waals surface area contributed by atoms with Crippen molar-refractivity contribution in [3.05, 3.63) is 35.9 Å². The Labute approximate surface area is 140 Å². The number of hydrogen-bond acceptors (Lipinski definition) is 4. The van der Waals surface area contributed by atoms with Crippen LogP contribution in [0.4, 0.5) is 4.39 Å². The number of aromatic nitrogens is 1. The summed E-state index contributed by atoms with van der Waals surface area (Å²) in [4.78, 5) is 19.0. The van der Waals surface area contributed by atoms with Crippen LogP contribution in [-0.4, -0.2) is 54.9 Å². The van der Waals surface area contributed by atoms with Crippen molar-refractivity contribution in [3.8, 4) is 5.88 Å². The van der Waals surface area contributed by atoms with Gasteiger partial charge in [-0.25, -0.2) is 9.37 Å². The monoisotopic (exact) mass is 332 g/mol. The lowest BCUT2D eigenvalue weighted by Crippen LogP contribution is -2.46. The quantitative estimate of drug-likeness (QED) is 0.845. The summed E-state index contributed by atoms with van der Waals surface area (Å²) in [5, 5.41) is 0.875. The average molecular weight is 332 g/mol. The molecule has 1 unspecified atom stereocenters. The first-order valence-corrected chi connectivity index (χ1v) is 8.22. The van der Waals surface area contributed by atoms with Crippen LogP contribution in [0.2, 0.25) is 0 Å². The highest BCUT2D eigenvalue weighted by Crippen LogP contribution is 2.25. The molecular weight excluding hydrogens is 311 g/mol. The van der Waals surface area contributed by atoms with Gasteiger partial charge in [-0.3, -0.25) is 4.79 Å². The number of rotatable bonds is 5. The second-order valence-electron chi connectivity index (χ2n) is 5.78. The number of para-hydroxylation sites is 1. The molecular formula is C18H21FN2O3. The third-order valence-electron chi connectivity index (χ3n) is 3.96. The van der Waals surface area contributed by atoms with Gasteiger partial charge in [0.2, 0.25) is 5.88 Å². The molecule has 1 saturated heterocycles. The Bertz CT molecular complexity index is 722. The lowest BCUT2D eigenvalue weighted by molar-refractivity contribution is -0.0311. The fourth-order valence-electron chi connectivity index (χ4n) is 2.73. The first-order valence-electron chi connectivity index (χ1n) is 8.22. The SMILES string of the molecule is CCCOc1nc2ccccc2cc1C(=O)N1CCOC(CF)C1. The Morgan fingerprint density at radius 2 is 2.29 bits per heavy atom. The number of carbonyl (C=O) groups is 1. The molecule has 24 heavy (non-hydrogen) atoms. The van der Waals surface area contributed by atoms with Crippen LogP contribution in [0.15, 0.2) is 30.3 Å². The smallest absolute Gasteiger partial charge is 0.259 e. The molecule has 5 nitrogen and oxygen atoms in total. The van der Waals surface area contributed by atoms with Crippen LogP contribution >= 0.6 is 0 Å². The van der Waals surface area contributed by atoms with Crippen LogP contribution in [-0.2, 0) is 4.74 Å². The number of benzene rings is 1. The van der Waals surface area contributed by atoms with E-state index < -0.39 is 12.8 Å². The summed E-state index contributed by atoms with van der Waals surface area (Å²) in [6.45, 7) is 2.91. The zero-order chi connectivity index (χ0) is 16.9. The van der Waals surface area contributed by atoms with Crippen molar-refractivity contribution in [2.75, 3.05) is 33.0 Å². The van der Waals surface area contributed by atoms with Gasteiger partial charge in [0.15, 0.2) is 0 Å². The van der Waals surface area contributed by atoms with E-state index in [2.05, 4.69) is 4.98 Å². The largest absolute Gasteiger partial charge is 0.477 e. The van der Waals surface area contributed by atoms with Crippen molar-refractivity contribution in [1.82, 2.24) is 9.88 Å². The number of amides is 1. The summed E-state index contributed by atoms with van der Waals surface area (Å²) in [7, 11) is 0. The lowest BCUT2D eigenvalue weighted by atomic mass is 10.1. The van der Waals surface area contributed by atoms with E-state index in [1.165, 1.54) is 0 Å². The van der Waals surface area contributed by atoms with Crippen LogP contribution in [0.1, 0.15) is 23.7 Å². The molecule has 1 fully saturated rings. The Hall–Kier alpha value is -2.21. The van der Waals surface area contributed by atoms with Gasteiger partial charge in [0.05, 0.1) is 18.7 Å². The minimum absolute atomic E-state index is 0.193. The zero-order valence-corrected chi connectivity index (χ0v) is 13.7. The fourth-order valence-corrected chi connectivity index (χ4v) is 2.73. The molecule has 1 aromatic heterocycles. The van der Waals surface area contributed by atoms with E-state index in [4.69, 9.17) is 9.47 Å². The number of fused-ring (bicyclic) bond motifs is 1. The first-order chi connectivity index (χ1) is 11.7. The summed E-state index contributed by atoms with van der Waals surface area (Å²) in [6.07, 6.45) is 0.264. The van der Waals surface area contributed by atoms with Crippen molar-refractivity contribution in [2.45, 2.75) is 19.4 Å². The Kier molecular flexibility index (Phi) is 5.25. The number of pyridine rings is 1. The van der Waals surface area contributed by atoms with E-state index in [0.717, 1.165) is 17.3 Å². The minimum Gasteiger partial charge on any atom is -0.477 e. The molecule has 6 heteroatoms. The number of ether oxygens (including phenoxy) is 2. The lowest BCUT2D eigenvalue weighted by Gasteiger charge is -2.32. The molecule has 1 aromatic carbocycles. The van der Waals surface area contributed by atoms with Crippen molar-refractivity contribution in [2.24, 2.45) is 0 Å². The first kappa shape index (κ1) is 16.6. The highest BCUT2D eigenvalue weighted by atomic mass is 19.1. The highest BCUT2D eigenvalue weighted by Gasteiger charge is 2.27. The summed E-state index contributed by atoms with van der Waals surface area (Å²) >= 11 is 0. The van der Waals surface area contributed by atoms with Gasteiger partial charge >= 0.3 is 0 Å². The molecule has 0 radical (unpaired) electrons. The van der Waals surface area contributed by atoms with E-state index in [1.54, 1.807) is 11.0 Å². The molecule has 3 rings (SSSR count). The van der Waals surface area contributed by atoms with Gasteiger partial charge in [-0.05, 0) is 18.6 Å². The fraction of sp³-hybridized carbons (Fsp3) is 0.444. The topological polar surface area (TPSA) is 51.7 Å². The van der Waals surface area contributed by atoms with Gasteiger partial charge in [-0.1, -0.05) is 25.1 Å². The van der Waals surface area contributed by atoms with E-state index in [9.17, 15) is 9.18 Å². The highest BCUT2D eigenvalue weighted by molar-refractivity contribution is 6.00. The van der Waals surface area contributed by atoms with Gasteiger partial charge in [-0.15, -0.1) is 0 Å². The van der Waals surface area contributed by atoms with Crippen LogP contribution in [0.25, 0.3) is 10.9 Å². The summed E-state index contributed by atoms with van der Waals surface area (Å²) in [6, 6.07) is 9.39. The molecule has 1 amide bonds. The Morgan fingerprint density at radius 3 is 3.08 bits per heavy atom. The molecule has 128 valence electrons. The van der Waals surface area contributed by atoms with Crippen molar-refractivity contribution in [3.63, 3.8) is 0 Å². The molecule has 0 N–H and O–H groups in total. The Balaban J connectivity index is 1.94. The average Bonchev–Trinajstić information content (AvgIpc) is 2.65. The van der Waals surface area contributed by atoms with Crippen LogP contribution < -0.4 is 4.74 Å². The zero-order valence-electron chi connectivity index (χ0n) is 13.7. The van der Waals surface area contributed by atoms with Crippen LogP contribution in [0, 0.1) is 0 Å². The molecule has 1 aliphatic rings. The van der Waals surface area contributed by atoms with Gasteiger partial charge in [-0.2, -0.15) is 0 Å². The number of carbonyl (C=O) groups excluding carboxylic acids is 1. The van der Waals surface area contributed by atoms with E-state index in [0.29, 0.717) is 31.2 Å². The maximum Gasteiger partial charge on any atom is 0.259 e. The van der Waals surface area contributed by atoms with Gasteiger partial charge in [0.25, 0.3) is 5.91 Å². The number of hydrogen-bond donors (Lipinski definition) is 0. The number of nitrogens with zero attached hydrogens (tertiary/aromatic N) is 2. The molecule has 2 aromatic rings. The van der Waals surface area contributed by atoms with Gasteiger partial charge in [0, 0.05) is 18.5 Å². The van der Waals surface area contributed by atoms with Crippen molar-refractivity contribution < 1.29 is 18.7 Å². The maximum absolute atomic E-state index is 12.9. The molecule has 0 spiro atoms. The third kappa shape index (κ3) is 3.48. The number of halogens is 1. The van der Waals surface area contributed by atoms with Gasteiger partial charge in [0.1, 0.15) is 18.3 Å².